The van der Waals surface area contributed by atoms with Crippen LogP contribution in [0.1, 0.15) is 18.1 Å². The third-order valence-electron chi connectivity index (χ3n) is 4.90. The number of nitrogens with one attached hydrogen (secondary N) is 1. The highest BCUT2D eigenvalue weighted by Gasteiger charge is 2.47. The Morgan fingerprint density at radius 3 is 2.47 bits per heavy atom. The van der Waals surface area contributed by atoms with Gasteiger partial charge in [0.05, 0.1) is 30.0 Å². The van der Waals surface area contributed by atoms with Crippen LogP contribution in [0.5, 0.6) is 0 Å². The number of carbonyl (C=O) groups is 2. The first-order valence-corrected chi connectivity index (χ1v) is 10.5. The van der Waals surface area contributed by atoms with Gasteiger partial charge < -0.3 is 10.1 Å². The number of nitrogens with zero attached hydrogens (tertiary/aromatic N) is 2. The molecule has 32 heavy (non-hydrogen) atoms. The number of amides is 1. The van der Waals surface area contributed by atoms with Crippen LogP contribution in [-0.2, 0) is 20.5 Å². The highest BCUT2D eigenvalue weighted by Crippen LogP contribution is 2.38. The van der Waals surface area contributed by atoms with E-state index in [2.05, 4.69) is 26.3 Å². The van der Waals surface area contributed by atoms with Crippen LogP contribution in [0.15, 0.2) is 52.0 Å². The van der Waals surface area contributed by atoms with Crippen molar-refractivity contribution >= 4 is 50.8 Å². The number of anilines is 1. The zero-order valence-corrected chi connectivity index (χ0v) is 19.3. The molecule has 1 atom stereocenters. The van der Waals surface area contributed by atoms with Crippen molar-refractivity contribution in [3.63, 3.8) is 0 Å². The van der Waals surface area contributed by atoms with Crippen LogP contribution in [0, 0.1) is 5.41 Å². The van der Waals surface area contributed by atoms with Gasteiger partial charge in [-0.1, -0.05) is 33.6 Å². The van der Waals surface area contributed by atoms with Gasteiger partial charge in [0.1, 0.15) is 12.0 Å². The fourth-order valence-corrected chi connectivity index (χ4v) is 3.92. The largest absolute Gasteiger partial charge is 0.468 e. The van der Waals surface area contributed by atoms with Gasteiger partial charge in [0.15, 0.2) is 0 Å². The third kappa shape index (κ3) is 5.07. The lowest BCUT2D eigenvalue weighted by Crippen LogP contribution is -2.41. The number of benzene rings is 2. The Kier molecular flexibility index (Phi) is 6.85. The predicted octanol–water partition coefficient (Wildman–Crippen LogP) is 4.96. The zero-order valence-electron chi connectivity index (χ0n) is 17.0. The maximum atomic E-state index is 13.1. The molecular formula is C21H18BrClF3N3O3. The molecule has 0 spiro atoms. The van der Waals surface area contributed by atoms with Crippen LogP contribution in [-0.4, -0.2) is 42.8 Å². The van der Waals surface area contributed by atoms with E-state index in [0.29, 0.717) is 5.69 Å². The Bertz CT molecular complexity index is 1080. The Hall–Kier alpha value is -2.59. The molecule has 0 bridgehead atoms. The summed E-state index contributed by atoms with van der Waals surface area (Å²) in [6.07, 6.45) is -4.62. The lowest BCUT2D eigenvalue weighted by molar-refractivity contribution is -0.148. The van der Waals surface area contributed by atoms with Crippen molar-refractivity contribution in [2.45, 2.75) is 13.1 Å². The highest BCUT2D eigenvalue weighted by molar-refractivity contribution is 9.10. The molecule has 0 radical (unpaired) electrons. The molecular weight excluding hydrogens is 515 g/mol. The zero-order chi connectivity index (χ0) is 23.7. The van der Waals surface area contributed by atoms with Gasteiger partial charge in [0.25, 0.3) is 0 Å². The first kappa shape index (κ1) is 24.1. The standard InChI is InChI=1S/C21H18BrClF3N3O3/c1-20(19(31)32-2)11-29(10-17(30)27-14-6-4-13(22)5-7-14)28-18(20)12-3-8-15(16(23)9-12)21(24,25)26/h3-9H,10-11H2,1-2H3,(H,27,30). The molecule has 1 heterocycles. The van der Waals surface area contributed by atoms with Crippen molar-refractivity contribution < 1.29 is 27.5 Å². The van der Waals surface area contributed by atoms with E-state index in [9.17, 15) is 22.8 Å². The molecule has 2 aromatic carbocycles. The van der Waals surface area contributed by atoms with Gasteiger partial charge in [-0.15, -0.1) is 0 Å². The SMILES string of the molecule is COC(=O)C1(C)CN(CC(=O)Nc2ccc(Br)cc2)N=C1c1ccc(C(F)(F)F)c(Cl)c1. The number of hydrogen-bond acceptors (Lipinski definition) is 5. The summed E-state index contributed by atoms with van der Waals surface area (Å²) < 4.78 is 44.9. The maximum absolute atomic E-state index is 13.1. The van der Waals surface area contributed by atoms with Crippen molar-refractivity contribution in [1.82, 2.24) is 5.01 Å². The van der Waals surface area contributed by atoms with Crippen molar-refractivity contribution in [2.75, 3.05) is 25.5 Å². The molecule has 0 aromatic heterocycles. The minimum atomic E-state index is -4.62. The van der Waals surface area contributed by atoms with Crippen LogP contribution in [0.2, 0.25) is 5.02 Å². The number of hydrazone groups is 1. The molecule has 0 aliphatic carbocycles. The summed E-state index contributed by atoms with van der Waals surface area (Å²) in [7, 11) is 1.20. The van der Waals surface area contributed by atoms with E-state index in [1.54, 1.807) is 31.2 Å². The van der Waals surface area contributed by atoms with Crippen LogP contribution in [0.4, 0.5) is 18.9 Å². The first-order chi connectivity index (χ1) is 14.9. The van der Waals surface area contributed by atoms with Gasteiger partial charge in [-0.05, 0) is 43.3 Å². The van der Waals surface area contributed by atoms with Crippen LogP contribution >= 0.6 is 27.5 Å². The molecule has 170 valence electrons. The summed E-state index contributed by atoms with van der Waals surface area (Å²) in [4.78, 5) is 25.0. The summed E-state index contributed by atoms with van der Waals surface area (Å²) in [6, 6.07) is 10.1. The smallest absolute Gasteiger partial charge is 0.417 e. The number of ether oxygens (including phenoxy) is 1. The van der Waals surface area contributed by atoms with E-state index >= 15 is 0 Å². The lowest BCUT2D eigenvalue weighted by atomic mass is 9.82. The monoisotopic (exact) mass is 531 g/mol. The van der Waals surface area contributed by atoms with Gasteiger partial charge in [-0.3, -0.25) is 14.6 Å². The Morgan fingerprint density at radius 1 is 1.25 bits per heavy atom. The topological polar surface area (TPSA) is 71.0 Å². The van der Waals surface area contributed by atoms with Crippen LogP contribution < -0.4 is 5.32 Å². The molecule has 1 N–H and O–H groups in total. The van der Waals surface area contributed by atoms with Gasteiger partial charge in [-0.25, -0.2) is 0 Å². The summed E-state index contributed by atoms with van der Waals surface area (Å²) in [5.74, 6) is -1.02. The number of methoxy groups -OCH3 is 1. The van der Waals surface area contributed by atoms with Crippen molar-refractivity contribution in [1.29, 1.82) is 0 Å². The first-order valence-electron chi connectivity index (χ1n) is 9.29. The average Bonchev–Trinajstić information content (AvgIpc) is 3.05. The van der Waals surface area contributed by atoms with E-state index in [-0.39, 0.29) is 30.3 Å². The van der Waals surface area contributed by atoms with E-state index in [1.165, 1.54) is 18.2 Å². The average molecular weight is 533 g/mol. The number of halogens is 5. The molecule has 11 heteroatoms. The minimum Gasteiger partial charge on any atom is -0.468 e. The third-order valence-corrected chi connectivity index (χ3v) is 5.74. The Labute approximate surface area is 195 Å². The van der Waals surface area contributed by atoms with Crippen molar-refractivity contribution in [3.05, 3.63) is 63.1 Å². The number of alkyl halides is 3. The lowest BCUT2D eigenvalue weighted by Gasteiger charge is -2.24. The summed E-state index contributed by atoms with van der Waals surface area (Å²) in [5, 5.41) is 7.92. The Balaban J connectivity index is 1.87. The number of rotatable bonds is 5. The quantitative estimate of drug-likeness (QED) is 0.553. The molecule has 3 rings (SSSR count). The fourth-order valence-electron chi connectivity index (χ4n) is 3.37. The van der Waals surface area contributed by atoms with Gasteiger partial charge >= 0.3 is 12.1 Å². The van der Waals surface area contributed by atoms with E-state index < -0.39 is 28.1 Å². The summed E-state index contributed by atoms with van der Waals surface area (Å²) >= 11 is 9.16. The maximum Gasteiger partial charge on any atom is 0.417 e. The Morgan fingerprint density at radius 2 is 1.91 bits per heavy atom. The fraction of sp³-hybridized carbons (Fsp3) is 0.286. The molecule has 0 saturated heterocycles. The van der Waals surface area contributed by atoms with Crippen molar-refractivity contribution in [3.8, 4) is 0 Å². The second-order valence-corrected chi connectivity index (χ2v) is 8.67. The molecule has 0 fully saturated rings. The minimum absolute atomic E-state index is 0.00139. The van der Waals surface area contributed by atoms with Gasteiger partial charge in [0.2, 0.25) is 5.91 Å². The van der Waals surface area contributed by atoms with E-state index in [4.69, 9.17) is 16.3 Å². The van der Waals surface area contributed by atoms with Crippen LogP contribution in [0.25, 0.3) is 0 Å². The molecule has 0 saturated carbocycles. The highest BCUT2D eigenvalue weighted by atomic mass is 79.9. The van der Waals surface area contributed by atoms with E-state index in [0.717, 1.165) is 16.6 Å². The van der Waals surface area contributed by atoms with Gasteiger partial charge in [-0.2, -0.15) is 18.3 Å². The predicted molar refractivity (Wildman–Crippen MR) is 117 cm³/mol. The molecule has 1 unspecified atom stereocenters. The molecule has 1 aliphatic rings. The molecule has 1 aliphatic heterocycles. The number of hydrogen-bond donors (Lipinski definition) is 1. The molecule has 1 amide bonds. The molecule has 6 nitrogen and oxygen atoms in total. The van der Waals surface area contributed by atoms with E-state index in [1.807, 2.05) is 0 Å². The summed E-state index contributed by atoms with van der Waals surface area (Å²) in [5.41, 5.74) is -1.34. The number of carbonyl (C=O) groups excluding carboxylic acids is 2. The number of esters is 1. The van der Waals surface area contributed by atoms with Crippen LogP contribution in [0.3, 0.4) is 0 Å². The molecule has 2 aromatic rings. The van der Waals surface area contributed by atoms with Crippen molar-refractivity contribution in [2.24, 2.45) is 10.5 Å². The normalized spacial score (nSPS) is 18.3. The van der Waals surface area contributed by atoms with Gasteiger partial charge in [0, 0.05) is 15.7 Å². The second-order valence-electron chi connectivity index (χ2n) is 7.34. The second kappa shape index (κ2) is 9.11. The summed E-state index contributed by atoms with van der Waals surface area (Å²) in [6.45, 7) is 1.37.